The van der Waals surface area contributed by atoms with Crippen LogP contribution in [0.3, 0.4) is 0 Å². The van der Waals surface area contributed by atoms with E-state index in [4.69, 9.17) is 5.11 Å². The second kappa shape index (κ2) is 5.38. The van der Waals surface area contributed by atoms with E-state index in [1.165, 1.54) is 19.3 Å². The molecule has 4 heteroatoms. The summed E-state index contributed by atoms with van der Waals surface area (Å²) in [4.78, 5) is 15.5. The Labute approximate surface area is 107 Å². The third-order valence-corrected chi connectivity index (χ3v) is 3.48. The summed E-state index contributed by atoms with van der Waals surface area (Å²) in [5, 5.41) is 12.4. The quantitative estimate of drug-likeness (QED) is 0.840. The van der Waals surface area contributed by atoms with Crippen LogP contribution in [0.15, 0.2) is 12.1 Å². The van der Waals surface area contributed by atoms with E-state index in [-0.39, 0.29) is 5.92 Å². The molecule has 4 nitrogen and oxygen atoms in total. The van der Waals surface area contributed by atoms with E-state index in [0.29, 0.717) is 11.4 Å². The second-order valence-corrected chi connectivity index (χ2v) is 5.30. The van der Waals surface area contributed by atoms with E-state index >= 15 is 0 Å². The Bertz CT molecular complexity index is 439. The van der Waals surface area contributed by atoms with Crippen molar-refractivity contribution in [3.8, 4) is 0 Å². The molecule has 18 heavy (non-hydrogen) atoms. The van der Waals surface area contributed by atoms with Gasteiger partial charge in [-0.2, -0.15) is 0 Å². The number of nitrogens with one attached hydrogen (secondary N) is 1. The van der Waals surface area contributed by atoms with Gasteiger partial charge in [-0.25, -0.2) is 9.78 Å². The summed E-state index contributed by atoms with van der Waals surface area (Å²) in [5.74, 6) is 0.743. The fraction of sp³-hybridized carbons (Fsp3) is 0.571. The molecule has 0 bridgehead atoms. The lowest BCUT2D eigenvalue weighted by Crippen LogP contribution is -2.21. The third-order valence-electron chi connectivity index (χ3n) is 3.48. The molecule has 0 amide bonds. The number of hydrogen-bond acceptors (Lipinski definition) is 3. The molecule has 0 saturated heterocycles. The van der Waals surface area contributed by atoms with Crippen LogP contribution in [-0.2, 0) is 0 Å². The molecule has 0 spiro atoms. The summed E-state index contributed by atoms with van der Waals surface area (Å²) >= 11 is 0. The summed E-state index contributed by atoms with van der Waals surface area (Å²) in [7, 11) is 0. The fourth-order valence-electron chi connectivity index (χ4n) is 2.01. The Morgan fingerprint density at radius 1 is 1.50 bits per heavy atom. The van der Waals surface area contributed by atoms with Gasteiger partial charge in [0, 0.05) is 12.2 Å². The van der Waals surface area contributed by atoms with Gasteiger partial charge < -0.3 is 10.4 Å². The van der Waals surface area contributed by atoms with Gasteiger partial charge in [-0.05, 0) is 36.8 Å². The summed E-state index contributed by atoms with van der Waals surface area (Å²) in [6.45, 7) is 4.93. The van der Waals surface area contributed by atoms with Crippen LogP contribution in [0.5, 0.6) is 0 Å². The van der Waals surface area contributed by atoms with Crippen molar-refractivity contribution >= 4 is 11.8 Å². The molecule has 1 aromatic rings. The molecule has 1 aliphatic carbocycles. The van der Waals surface area contributed by atoms with Crippen molar-refractivity contribution in [2.45, 2.75) is 39.0 Å². The van der Waals surface area contributed by atoms with Crippen LogP contribution in [0.25, 0.3) is 0 Å². The second-order valence-electron chi connectivity index (χ2n) is 5.30. The molecule has 0 aromatic carbocycles. The minimum atomic E-state index is -0.897. The largest absolute Gasteiger partial charge is 0.478 e. The van der Waals surface area contributed by atoms with Crippen LogP contribution in [0, 0.1) is 5.92 Å². The zero-order chi connectivity index (χ0) is 13.1. The van der Waals surface area contributed by atoms with Gasteiger partial charge in [0.25, 0.3) is 0 Å². The number of aromatic carboxylic acids is 1. The average Bonchev–Trinajstić information content (AvgIpc) is 2.26. The minimum absolute atomic E-state index is 0.230. The van der Waals surface area contributed by atoms with Crippen molar-refractivity contribution in [2.75, 3.05) is 11.9 Å². The predicted octanol–water partition coefficient (Wildman–Crippen LogP) is 3.12. The molecular formula is C14H20N2O2. The van der Waals surface area contributed by atoms with Gasteiger partial charge in [0.1, 0.15) is 5.82 Å². The lowest BCUT2D eigenvalue weighted by molar-refractivity contribution is 0.0696. The van der Waals surface area contributed by atoms with E-state index < -0.39 is 5.97 Å². The smallest absolute Gasteiger partial charge is 0.335 e. The molecule has 1 heterocycles. The van der Waals surface area contributed by atoms with Crippen molar-refractivity contribution in [3.05, 3.63) is 23.4 Å². The number of carboxylic acids is 1. The first-order valence-corrected chi connectivity index (χ1v) is 6.55. The van der Waals surface area contributed by atoms with Gasteiger partial charge in [0.15, 0.2) is 0 Å². The van der Waals surface area contributed by atoms with Gasteiger partial charge in [-0.1, -0.05) is 20.3 Å². The molecule has 0 aliphatic heterocycles. The van der Waals surface area contributed by atoms with Gasteiger partial charge in [0.2, 0.25) is 0 Å². The van der Waals surface area contributed by atoms with Crippen molar-refractivity contribution < 1.29 is 9.90 Å². The number of aromatic nitrogens is 1. The van der Waals surface area contributed by atoms with E-state index in [2.05, 4.69) is 10.3 Å². The van der Waals surface area contributed by atoms with Crippen LogP contribution in [0.4, 0.5) is 5.82 Å². The maximum atomic E-state index is 11.1. The summed E-state index contributed by atoms with van der Waals surface area (Å²) in [6.07, 6.45) is 3.84. The molecule has 1 fully saturated rings. The predicted molar refractivity (Wildman–Crippen MR) is 71.1 cm³/mol. The Hall–Kier alpha value is -1.58. The monoisotopic (exact) mass is 248 g/mol. The van der Waals surface area contributed by atoms with Crippen LogP contribution in [0.2, 0.25) is 0 Å². The molecule has 1 aromatic heterocycles. The lowest BCUT2D eigenvalue weighted by Gasteiger charge is -2.25. The van der Waals surface area contributed by atoms with Gasteiger partial charge in [-0.3, -0.25) is 0 Å². The highest BCUT2D eigenvalue weighted by molar-refractivity contribution is 5.88. The van der Waals surface area contributed by atoms with Crippen molar-refractivity contribution in [3.63, 3.8) is 0 Å². The third kappa shape index (κ3) is 3.00. The number of carbonyl (C=O) groups is 1. The molecule has 0 radical (unpaired) electrons. The molecule has 2 rings (SSSR count). The van der Waals surface area contributed by atoms with Crippen LogP contribution in [-0.4, -0.2) is 22.6 Å². The summed E-state index contributed by atoms with van der Waals surface area (Å²) in [5.41, 5.74) is 1.14. The summed E-state index contributed by atoms with van der Waals surface area (Å²) < 4.78 is 0. The number of hydrogen-bond donors (Lipinski definition) is 2. The minimum Gasteiger partial charge on any atom is -0.478 e. The Morgan fingerprint density at radius 3 is 2.72 bits per heavy atom. The number of nitrogens with zero attached hydrogens (tertiary/aromatic N) is 1. The van der Waals surface area contributed by atoms with E-state index in [1.807, 2.05) is 13.8 Å². The highest BCUT2D eigenvalue weighted by Crippen LogP contribution is 2.26. The van der Waals surface area contributed by atoms with Crippen LogP contribution in [0.1, 0.15) is 55.1 Å². The normalized spacial score (nSPS) is 15.5. The number of carboxylic acid groups (broad SMARTS) is 1. The zero-order valence-electron chi connectivity index (χ0n) is 10.9. The number of anilines is 1. The van der Waals surface area contributed by atoms with Crippen molar-refractivity contribution in [2.24, 2.45) is 5.92 Å². The first-order valence-electron chi connectivity index (χ1n) is 6.55. The molecule has 0 atom stereocenters. The molecule has 1 aliphatic rings. The molecule has 2 N–H and O–H groups in total. The topological polar surface area (TPSA) is 62.2 Å². The fourth-order valence-corrected chi connectivity index (χ4v) is 2.01. The van der Waals surface area contributed by atoms with Gasteiger partial charge in [0.05, 0.1) is 5.56 Å². The summed E-state index contributed by atoms with van der Waals surface area (Å²) in [6, 6.07) is 3.27. The maximum Gasteiger partial charge on any atom is 0.335 e. The maximum absolute atomic E-state index is 11.1. The van der Waals surface area contributed by atoms with Gasteiger partial charge in [-0.15, -0.1) is 0 Å². The van der Waals surface area contributed by atoms with E-state index in [1.54, 1.807) is 12.1 Å². The van der Waals surface area contributed by atoms with E-state index in [0.717, 1.165) is 18.2 Å². The van der Waals surface area contributed by atoms with Crippen LogP contribution < -0.4 is 5.32 Å². The van der Waals surface area contributed by atoms with Gasteiger partial charge >= 0.3 is 5.97 Å². The first-order chi connectivity index (χ1) is 8.56. The average molecular weight is 248 g/mol. The standard InChI is InChI=1S/C14H20N2O2/c1-9(2)12-6-11(14(17)18)7-13(16-12)15-8-10-4-3-5-10/h6-7,9-10H,3-5,8H2,1-2H3,(H,15,16)(H,17,18). The Kier molecular flexibility index (Phi) is 3.84. The zero-order valence-corrected chi connectivity index (χ0v) is 10.9. The lowest BCUT2D eigenvalue weighted by atomic mass is 9.85. The molecule has 98 valence electrons. The highest BCUT2D eigenvalue weighted by atomic mass is 16.4. The van der Waals surface area contributed by atoms with Crippen molar-refractivity contribution in [1.82, 2.24) is 4.98 Å². The number of rotatable bonds is 5. The highest BCUT2D eigenvalue weighted by Gasteiger charge is 2.17. The van der Waals surface area contributed by atoms with Crippen LogP contribution >= 0.6 is 0 Å². The van der Waals surface area contributed by atoms with Crippen molar-refractivity contribution in [1.29, 1.82) is 0 Å². The first kappa shape index (κ1) is 12.9. The molecule has 1 saturated carbocycles. The number of pyridine rings is 1. The van der Waals surface area contributed by atoms with E-state index in [9.17, 15) is 4.79 Å². The Morgan fingerprint density at radius 2 is 2.22 bits per heavy atom. The SMILES string of the molecule is CC(C)c1cc(C(=O)O)cc(NCC2CCC2)n1. The molecular weight excluding hydrogens is 228 g/mol. The molecule has 0 unspecified atom stereocenters. The Balaban J connectivity index is 2.13.